The van der Waals surface area contributed by atoms with Gasteiger partial charge in [0.1, 0.15) is 11.8 Å². The second kappa shape index (κ2) is 9.16. The number of carbonyl (C=O) groups excluding carboxylic acids is 2. The van der Waals surface area contributed by atoms with E-state index in [4.69, 9.17) is 9.47 Å². The van der Waals surface area contributed by atoms with Crippen LogP contribution in [0.5, 0.6) is 0 Å². The molecular weight excluding hydrogens is 350 g/mol. The number of carbonyl (C=O) groups is 2. The Morgan fingerprint density at radius 1 is 1.41 bits per heavy atom. The fraction of sp³-hybridized carbons (Fsp3) is 0.579. The second-order valence-electron chi connectivity index (χ2n) is 7.59. The van der Waals surface area contributed by atoms with Crippen LogP contribution in [0.1, 0.15) is 31.9 Å². The van der Waals surface area contributed by atoms with Gasteiger partial charge in [-0.2, -0.15) is 0 Å². The molecule has 2 amide bonds. The quantitative estimate of drug-likeness (QED) is 0.467. The average Bonchev–Trinajstić information content (AvgIpc) is 2.94. The van der Waals surface area contributed by atoms with Crippen molar-refractivity contribution in [2.75, 3.05) is 32.1 Å². The molecule has 0 aromatic heterocycles. The molecule has 1 aliphatic heterocycles. The third-order valence-electron chi connectivity index (χ3n) is 3.89. The smallest absolute Gasteiger partial charge is 0.410 e. The third-order valence-corrected chi connectivity index (χ3v) is 3.89. The molecule has 1 unspecified atom stereocenters. The highest BCUT2D eigenvalue weighted by Crippen LogP contribution is 2.23. The molecule has 2 rings (SSSR count). The van der Waals surface area contributed by atoms with Crippen molar-refractivity contribution in [3.8, 4) is 0 Å². The summed E-state index contributed by atoms with van der Waals surface area (Å²) >= 11 is 0. The largest absolute Gasteiger partial charge is 0.444 e. The molecule has 1 heterocycles. The number of hydrogen-bond acceptors (Lipinski definition) is 6. The molecule has 1 aliphatic rings. The van der Waals surface area contributed by atoms with Crippen LogP contribution in [0.25, 0.3) is 0 Å². The van der Waals surface area contributed by atoms with Crippen LogP contribution >= 0.6 is 0 Å². The molecule has 0 bridgehead atoms. The van der Waals surface area contributed by atoms with Crippen LogP contribution in [-0.4, -0.2) is 60.6 Å². The highest BCUT2D eigenvalue weighted by atomic mass is 16.6. The van der Waals surface area contributed by atoms with Crippen LogP contribution in [0.15, 0.2) is 18.2 Å². The van der Waals surface area contributed by atoms with E-state index in [1.54, 1.807) is 7.05 Å². The van der Waals surface area contributed by atoms with Gasteiger partial charge in [-0.05, 0) is 38.0 Å². The van der Waals surface area contributed by atoms with Gasteiger partial charge in [0, 0.05) is 25.8 Å². The predicted octanol–water partition coefficient (Wildman–Crippen LogP) is 1.47. The van der Waals surface area contributed by atoms with Gasteiger partial charge in [0.15, 0.2) is 0 Å². The zero-order chi connectivity index (χ0) is 20.0. The first-order valence-electron chi connectivity index (χ1n) is 8.99. The number of anilines is 1. The first-order valence-corrected chi connectivity index (χ1v) is 8.99. The van der Waals surface area contributed by atoms with E-state index in [1.165, 1.54) is 4.90 Å². The maximum atomic E-state index is 11.8. The van der Waals surface area contributed by atoms with Crippen molar-refractivity contribution in [3.63, 3.8) is 0 Å². The number of nitrogens with zero attached hydrogens (tertiary/aromatic N) is 1. The summed E-state index contributed by atoms with van der Waals surface area (Å²) in [4.78, 5) is 24.6. The lowest BCUT2D eigenvalue weighted by atomic mass is 10.1. The van der Waals surface area contributed by atoms with E-state index in [9.17, 15) is 14.7 Å². The van der Waals surface area contributed by atoms with Crippen molar-refractivity contribution in [1.82, 2.24) is 10.2 Å². The van der Waals surface area contributed by atoms with Gasteiger partial charge in [-0.25, -0.2) is 4.79 Å². The zero-order valence-electron chi connectivity index (χ0n) is 16.4. The molecule has 1 atom stereocenters. The number of hydrogen-bond donors (Lipinski definition) is 3. The molecule has 8 heteroatoms. The van der Waals surface area contributed by atoms with Gasteiger partial charge < -0.3 is 24.8 Å². The summed E-state index contributed by atoms with van der Waals surface area (Å²) in [7, 11) is 1.64. The SMILES string of the molecule is CN(CCOCC(O)NCc1ccc2c(c1)CC(=O)N2)C(=O)OC(C)(C)C. The molecule has 0 radical (unpaired) electrons. The Labute approximate surface area is 159 Å². The lowest BCUT2D eigenvalue weighted by Gasteiger charge is -2.24. The molecule has 0 spiro atoms. The van der Waals surface area contributed by atoms with Gasteiger partial charge in [-0.1, -0.05) is 12.1 Å². The summed E-state index contributed by atoms with van der Waals surface area (Å²) < 4.78 is 10.7. The molecule has 0 fully saturated rings. The van der Waals surface area contributed by atoms with E-state index in [0.717, 1.165) is 16.8 Å². The first kappa shape index (κ1) is 21.1. The van der Waals surface area contributed by atoms with Crippen molar-refractivity contribution < 1.29 is 24.2 Å². The minimum Gasteiger partial charge on any atom is -0.444 e. The summed E-state index contributed by atoms with van der Waals surface area (Å²) in [6, 6.07) is 5.72. The minimum absolute atomic E-state index is 0.0000985. The molecule has 150 valence electrons. The van der Waals surface area contributed by atoms with Gasteiger partial charge in [0.2, 0.25) is 5.91 Å². The fourth-order valence-electron chi connectivity index (χ4n) is 2.51. The van der Waals surface area contributed by atoms with E-state index in [-0.39, 0.29) is 12.5 Å². The van der Waals surface area contributed by atoms with E-state index in [0.29, 0.717) is 26.1 Å². The number of aliphatic hydroxyl groups is 1. The monoisotopic (exact) mass is 379 g/mol. The van der Waals surface area contributed by atoms with Crippen LogP contribution in [0.4, 0.5) is 10.5 Å². The zero-order valence-corrected chi connectivity index (χ0v) is 16.4. The number of rotatable bonds is 8. The number of ether oxygens (including phenoxy) is 2. The number of benzene rings is 1. The maximum Gasteiger partial charge on any atom is 0.410 e. The lowest BCUT2D eigenvalue weighted by molar-refractivity contribution is -0.115. The number of fused-ring (bicyclic) bond motifs is 1. The Balaban J connectivity index is 1.63. The van der Waals surface area contributed by atoms with Crippen LogP contribution in [0, 0.1) is 0 Å². The van der Waals surface area contributed by atoms with Crippen LogP contribution < -0.4 is 10.6 Å². The van der Waals surface area contributed by atoms with E-state index >= 15 is 0 Å². The standard InChI is InChI=1S/C19H29N3O5/c1-19(2,3)27-18(25)22(4)7-8-26-12-17(24)20-11-13-5-6-15-14(9-13)10-16(23)21-15/h5-6,9,17,20,24H,7-8,10-12H2,1-4H3,(H,21,23). The molecule has 27 heavy (non-hydrogen) atoms. The first-order chi connectivity index (χ1) is 12.6. The maximum absolute atomic E-state index is 11.8. The predicted molar refractivity (Wildman–Crippen MR) is 101 cm³/mol. The van der Waals surface area contributed by atoms with Gasteiger partial charge >= 0.3 is 6.09 Å². The van der Waals surface area contributed by atoms with E-state index in [1.807, 2.05) is 39.0 Å². The van der Waals surface area contributed by atoms with Gasteiger partial charge in [0.25, 0.3) is 0 Å². The number of nitrogens with one attached hydrogen (secondary N) is 2. The third kappa shape index (κ3) is 7.16. The molecule has 1 aromatic carbocycles. The highest BCUT2D eigenvalue weighted by molar-refractivity contribution is 5.99. The summed E-state index contributed by atoms with van der Waals surface area (Å²) in [5.41, 5.74) is 2.26. The summed E-state index contributed by atoms with van der Waals surface area (Å²) in [6.45, 7) is 6.66. The van der Waals surface area contributed by atoms with Gasteiger partial charge in [0.05, 0.1) is 19.6 Å². The van der Waals surface area contributed by atoms with Crippen molar-refractivity contribution in [2.45, 2.75) is 45.6 Å². The summed E-state index contributed by atoms with van der Waals surface area (Å²) in [5.74, 6) is -0.0000985. The molecule has 0 saturated carbocycles. The lowest BCUT2D eigenvalue weighted by Crippen LogP contribution is -2.37. The average molecular weight is 379 g/mol. The van der Waals surface area contributed by atoms with Crippen molar-refractivity contribution in [2.24, 2.45) is 0 Å². The van der Waals surface area contributed by atoms with Crippen molar-refractivity contribution in [3.05, 3.63) is 29.3 Å². The van der Waals surface area contributed by atoms with Crippen LogP contribution in [0.3, 0.4) is 0 Å². The minimum atomic E-state index is -0.829. The van der Waals surface area contributed by atoms with E-state index < -0.39 is 17.9 Å². The summed E-state index contributed by atoms with van der Waals surface area (Å²) in [6.07, 6.45) is -0.848. The van der Waals surface area contributed by atoms with E-state index in [2.05, 4.69) is 10.6 Å². The molecule has 0 aliphatic carbocycles. The van der Waals surface area contributed by atoms with Crippen LogP contribution in [0.2, 0.25) is 0 Å². The van der Waals surface area contributed by atoms with Crippen molar-refractivity contribution in [1.29, 1.82) is 0 Å². The normalized spacial score (nSPS) is 14.5. The van der Waals surface area contributed by atoms with Crippen molar-refractivity contribution >= 4 is 17.7 Å². The number of likely N-dealkylation sites (N-methyl/N-ethyl adjacent to an activating group) is 1. The van der Waals surface area contributed by atoms with Gasteiger partial charge in [-0.3, -0.25) is 10.1 Å². The summed E-state index contributed by atoms with van der Waals surface area (Å²) in [5, 5.41) is 15.7. The molecule has 8 nitrogen and oxygen atoms in total. The Morgan fingerprint density at radius 3 is 2.85 bits per heavy atom. The topological polar surface area (TPSA) is 100 Å². The fourth-order valence-corrected chi connectivity index (χ4v) is 2.51. The molecule has 0 saturated heterocycles. The molecule has 1 aromatic rings. The highest BCUT2D eigenvalue weighted by Gasteiger charge is 2.19. The Bertz CT molecular complexity index is 672. The Hall–Kier alpha value is -2.16. The Morgan fingerprint density at radius 2 is 2.15 bits per heavy atom. The second-order valence-corrected chi connectivity index (χ2v) is 7.59. The molecular formula is C19H29N3O5. The molecule has 3 N–H and O–H groups in total. The number of aliphatic hydroxyl groups excluding tert-OH is 1. The van der Waals surface area contributed by atoms with Gasteiger partial charge in [-0.15, -0.1) is 0 Å². The number of amides is 2. The van der Waals surface area contributed by atoms with Crippen LogP contribution in [-0.2, 0) is 27.2 Å². The Kier molecular flexibility index (Phi) is 7.18.